The van der Waals surface area contributed by atoms with Crippen molar-refractivity contribution >= 4 is 23.9 Å². The van der Waals surface area contributed by atoms with E-state index < -0.39 is 36.0 Å². The maximum absolute atomic E-state index is 13.8. The van der Waals surface area contributed by atoms with Gasteiger partial charge in [-0.1, -0.05) is 282 Å². The highest BCUT2D eigenvalue weighted by Gasteiger charge is 2.51. The van der Waals surface area contributed by atoms with E-state index in [0.717, 1.165) is 148 Å². The van der Waals surface area contributed by atoms with Gasteiger partial charge >= 0.3 is 29.9 Å². The minimum absolute atomic E-state index is 0.0626. The van der Waals surface area contributed by atoms with Gasteiger partial charge in [0.25, 0.3) is 0 Å². The Kier molecular flexibility index (Phi) is 62.4. The molecule has 8 heteroatoms. The van der Waals surface area contributed by atoms with E-state index in [1.807, 2.05) is 0 Å². The Balaban J connectivity index is 5.68. The molecule has 0 spiro atoms. The van der Waals surface area contributed by atoms with Crippen molar-refractivity contribution in [3.63, 3.8) is 0 Å². The number of allylic oxidation sites excluding steroid dienone is 8. The first-order chi connectivity index (χ1) is 40.7. The van der Waals surface area contributed by atoms with Crippen LogP contribution < -0.4 is 0 Å². The molecule has 1 atom stereocenters. The van der Waals surface area contributed by atoms with E-state index in [-0.39, 0.29) is 25.7 Å². The summed E-state index contributed by atoms with van der Waals surface area (Å²) in [4.78, 5) is 55.0. The zero-order valence-electron chi connectivity index (χ0n) is 55.6. The van der Waals surface area contributed by atoms with Crippen LogP contribution in [0.1, 0.15) is 394 Å². The highest BCUT2D eigenvalue weighted by atomic mass is 16.9. The van der Waals surface area contributed by atoms with Gasteiger partial charge in [0.1, 0.15) is 0 Å². The summed E-state index contributed by atoms with van der Waals surface area (Å²) in [5, 5.41) is 0. The fourth-order valence-corrected chi connectivity index (χ4v) is 10.6. The highest BCUT2D eigenvalue weighted by Crippen LogP contribution is 2.29. The van der Waals surface area contributed by atoms with Crippen LogP contribution in [0.25, 0.3) is 0 Å². The predicted molar refractivity (Wildman–Crippen MR) is 354 cm³/mol. The van der Waals surface area contributed by atoms with Crippen molar-refractivity contribution in [1.82, 2.24) is 0 Å². The van der Waals surface area contributed by atoms with E-state index >= 15 is 0 Å². The second-order valence-corrected chi connectivity index (χ2v) is 24.5. The van der Waals surface area contributed by atoms with Gasteiger partial charge in [-0.05, 0) is 135 Å². The van der Waals surface area contributed by atoms with Gasteiger partial charge in [-0.25, -0.2) is 0 Å². The molecule has 0 N–H and O–H groups in total. The number of carbonyl (C=O) groups is 4. The van der Waals surface area contributed by atoms with Crippen molar-refractivity contribution in [3.8, 4) is 0 Å². The van der Waals surface area contributed by atoms with Gasteiger partial charge in [-0.2, -0.15) is 0 Å². The Morgan fingerprint density at radius 1 is 0.253 bits per heavy atom. The molecule has 0 rings (SSSR count). The van der Waals surface area contributed by atoms with Crippen LogP contribution in [0.2, 0.25) is 0 Å². The summed E-state index contributed by atoms with van der Waals surface area (Å²) < 4.78 is 24.0. The summed E-state index contributed by atoms with van der Waals surface area (Å²) in [6, 6.07) is 0. The molecule has 0 aromatic carbocycles. The van der Waals surface area contributed by atoms with E-state index in [0.29, 0.717) is 25.7 Å². The minimum atomic E-state index is -2.52. The first-order valence-electron chi connectivity index (χ1n) is 36.2. The zero-order valence-corrected chi connectivity index (χ0v) is 55.6. The lowest BCUT2D eigenvalue weighted by molar-refractivity contribution is -0.361. The van der Waals surface area contributed by atoms with Crippen molar-refractivity contribution < 1.29 is 38.1 Å². The second kappa shape index (κ2) is 64.8. The molecule has 0 aliphatic carbocycles. The highest BCUT2D eigenvalue weighted by molar-refractivity contribution is 5.74. The third kappa shape index (κ3) is 57.7. The Bertz CT molecular complexity index is 1410. The minimum Gasteiger partial charge on any atom is -0.450 e. The normalized spacial score (nSPS) is 12.4. The quantitative estimate of drug-likeness (QED) is 0.0257. The summed E-state index contributed by atoms with van der Waals surface area (Å²) in [5.41, 5.74) is 0. The molecular weight excluding hydrogens is 1030 g/mol. The molecule has 484 valence electrons. The monoisotopic (exact) mass is 1170 g/mol. The van der Waals surface area contributed by atoms with Crippen molar-refractivity contribution in [2.45, 2.75) is 406 Å². The molecule has 8 nitrogen and oxygen atoms in total. The summed E-state index contributed by atoms with van der Waals surface area (Å²) >= 11 is 0. The Morgan fingerprint density at radius 2 is 0.422 bits per heavy atom. The molecule has 0 amide bonds. The molecule has 0 aliphatic heterocycles. The van der Waals surface area contributed by atoms with Gasteiger partial charge in [0.15, 0.2) is 0 Å². The van der Waals surface area contributed by atoms with Crippen LogP contribution >= 0.6 is 0 Å². The molecule has 0 fully saturated rings. The van der Waals surface area contributed by atoms with Gasteiger partial charge in [0, 0.05) is 25.7 Å². The lowest BCUT2D eigenvalue weighted by atomic mass is 10.1. The fraction of sp³-hybridized carbons (Fsp3) is 0.840. The van der Waals surface area contributed by atoms with E-state index in [2.05, 4.69) is 76.3 Å². The Labute approximate surface area is 514 Å². The summed E-state index contributed by atoms with van der Waals surface area (Å²) in [6.07, 6.45) is 76.7. The van der Waals surface area contributed by atoms with Gasteiger partial charge < -0.3 is 18.9 Å². The predicted octanol–water partition coefficient (Wildman–Crippen LogP) is 24.4. The van der Waals surface area contributed by atoms with Gasteiger partial charge in [0.05, 0.1) is 0 Å². The molecular formula is C75H136O8. The van der Waals surface area contributed by atoms with E-state index in [1.165, 1.54) is 167 Å². The van der Waals surface area contributed by atoms with Crippen LogP contribution in [0.5, 0.6) is 0 Å². The molecule has 0 saturated heterocycles. The Hall–Kier alpha value is -3.16. The lowest BCUT2D eigenvalue weighted by Crippen LogP contribution is -2.54. The molecule has 0 saturated carbocycles. The standard InChI is InChI=1S/C75H136O8/c1-6-10-14-18-22-26-30-34-38-42-46-50-54-58-62-66-71(76)80-70(5)75(81-72(77)67-63-59-55-51-47-43-39-35-31-27-23-19-15-11-7-2,82-73(78)68-64-60-56-52-48-44-40-36-32-28-24-20-16-12-8-3)83-74(79)69-65-61-57-53-49-45-41-37-33-29-25-21-17-13-9-4/h34-41,70H,6-33,42-69H2,1-5H3/b38-34-,39-35-,40-36-,41-37-. The number of ether oxygens (including phenoxy) is 4. The largest absolute Gasteiger partial charge is 0.462 e. The molecule has 1 unspecified atom stereocenters. The Morgan fingerprint density at radius 3 is 0.627 bits per heavy atom. The number of carbonyl (C=O) groups excluding carboxylic acids is 4. The second-order valence-electron chi connectivity index (χ2n) is 24.5. The number of hydrogen-bond donors (Lipinski definition) is 0. The fourth-order valence-electron chi connectivity index (χ4n) is 10.6. The number of rotatable bonds is 65. The zero-order chi connectivity index (χ0) is 60.5. The molecule has 83 heavy (non-hydrogen) atoms. The van der Waals surface area contributed by atoms with Crippen molar-refractivity contribution in [2.24, 2.45) is 0 Å². The summed E-state index contributed by atoms with van der Waals surface area (Å²) in [6.45, 7) is 10.5. The SMILES string of the molecule is CCCCCCCC/C=C\CCCCCCCC(=O)OC(C)C(OC(=O)CCCCCCC/C=C\CCCCCCCC)(OC(=O)CCCCCCC/C=C\CCCCCCCC)OC(=O)CCCCCCC/C=C\CCCCCCCC. The number of esters is 4. The molecule has 0 bridgehead atoms. The van der Waals surface area contributed by atoms with Crippen molar-refractivity contribution in [3.05, 3.63) is 48.6 Å². The van der Waals surface area contributed by atoms with Crippen LogP contribution in [0.3, 0.4) is 0 Å². The molecule has 0 radical (unpaired) electrons. The van der Waals surface area contributed by atoms with E-state index in [4.69, 9.17) is 18.9 Å². The average molecular weight is 1170 g/mol. The first-order valence-corrected chi connectivity index (χ1v) is 36.2. The maximum Gasteiger partial charge on any atom is 0.462 e. The van der Waals surface area contributed by atoms with Gasteiger partial charge in [-0.3, -0.25) is 19.2 Å². The molecule has 0 heterocycles. The van der Waals surface area contributed by atoms with Crippen LogP contribution in [-0.2, 0) is 38.1 Å². The first kappa shape index (κ1) is 79.8. The topological polar surface area (TPSA) is 105 Å². The van der Waals surface area contributed by atoms with Crippen LogP contribution in [0, 0.1) is 0 Å². The molecule has 0 aliphatic rings. The van der Waals surface area contributed by atoms with E-state index in [1.54, 1.807) is 0 Å². The average Bonchev–Trinajstić information content (AvgIpc) is 3.68. The number of unbranched alkanes of at least 4 members (excludes halogenated alkanes) is 44. The lowest BCUT2D eigenvalue weighted by Gasteiger charge is -2.35. The summed E-state index contributed by atoms with van der Waals surface area (Å²) in [7, 11) is 0. The smallest absolute Gasteiger partial charge is 0.450 e. The van der Waals surface area contributed by atoms with Crippen molar-refractivity contribution in [1.29, 1.82) is 0 Å². The summed E-state index contributed by atoms with van der Waals surface area (Å²) in [5.74, 6) is -4.97. The molecule has 0 aromatic heterocycles. The van der Waals surface area contributed by atoms with Crippen LogP contribution in [0.15, 0.2) is 48.6 Å². The van der Waals surface area contributed by atoms with Crippen LogP contribution in [0.4, 0.5) is 0 Å². The molecule has 0 aromatic rings. The van der Waals surface area contributed by atoms with Gasteiger partial charge in [-0.15, -0.1) is 0 Å². The third-order valence-corrected chi connectivity index (χ3v) is 16.1. The van der Waals surface area contributed by atoms with Gasteiger partial charge in [0.2, 0.25) is 6.10 Å². The maximum atomic E-state index is 13.8. The van der Waals surface area contributed by atoms with Crippen molar-refractivity contribution in [2.75, 3.05) is 0 Å². The number of hydrogen-bond acceptors (Lipinski definition) is 8. The third-order valence-electron chi connectivity index (χ3n) is 16.1. The van der Waals surface area contributed by atoms with Crippen LogP contribution in [-0.4, -0.2) is 36.0 Å². The van der Waals surface area contributed by atoms with E-state index in [9.17, 15) is 19.2 Å².